The number of hydrogen-bond donors (Lipinski definition) is 1. The highest BCUT2D eigenvalue weighted by molar-refractivity contribution is 7.08. The van der Waals surface area contributed by atoms with E-state index in [1.165, 1.54) is 30.4 Å². The Morgan fingerprint density at radius 1 is 1.32 bits per heavy atom. The molecule has 1 aliphatic rings. The van der Waals surface area contributed by atoms with Crippen LogP contribution >= 0.6 is 11.3 Å². The van der Waals surface area contributed by atoms with Crippen molar-refractivity contribution in [1.82, 2.24) is 5.32 Å². The predicted octanol–water partition coefficient (Wildman–Crippen LogP) is 3.60. The molecule has 2 aromatic rings. The summed E-state index contributed by atoms with van der Waals surface area (Å²) >= 11 is 1.56. The molecule has 19 heavy (non-hydrogen) atoms. The molecule has 0 fully saturated rings. The van der Waals surface area contributed by atoms with Gasteiger partial charge in [-0.25, -0.2) is 0 Å². The van der Waals surface area contributed by atoms with Crippen LogP contribution in [0, 0.1) is 0 Å². The molecule has 1 amide bonds. The smallest absolute Gasteiger partial charge is 0.252 e. The molecule has 1 atom stereocenters. The average molecular weight is 271 g/mol. The van der Waals surface area contributed by atoms with E-state index in [9.17, 15) is 4.79 Å². The van der Waals surface area contributed by atoms with E-state index in [1.54, 1.807) is 11.3 Å². The van der Waals surface area contributed by atoms with E-state index in [-0.39, 0.29) is 5.91 Å². The standard InChI is InChI=1S/C16H17NOS/c18-16(14-8-9-19-11-14)17-10-13-6-3-5-12-4-1-2-7-15(12)13/h1-2,4,7-9,11,13H,3,5-6,10H2,(H,17,18). The van der Waals surface area contributed by atoms with Gasteiger partial charge in [0, 0.05) is 23.4 Å². The summed E-state index contributed by atoms with van der Waals surface area (Å²) in [5, 5.41) is 6.89. The molecule has 0 saturated carbocycles. The first kappa shape index (κ1) is 12.4. The van der Waals surface area contributed by atoms with E-state index < -0.39 is 0 Å². The molecule has 1 N–H and O–H groups in total. The lowest BCUT2D eigenvalue weighted by Gasteiger charge is -2.25. The van der Waals surface area contributed by atoms with Crippen LogP contribution in [0.5, 0.6) is 0 Å². The van der Waals surface area contributed by atoms with Gasteiger partial charge in [0.25, 0.3) is 5.91 Å². The lowest BCUT2D eigenvalue weighted by molar-refractivity contribution is 0.0950. The zero-order valence-corrected chi connectivity index (χ0v) is 11.6. The summed E-state index contributed by atoms with van der Waals surface area (Å²) < 4.78 is 0. The van der Waals surface area contributed by atoms with Crippen LogP contribution in [0.4, 0.5) is 0 Å². The SMILES string of the molecule is O=C(NCC1CCCc2ccccc21)c1ccsc1. The number of benzene rings is 1. The molecular formula is C16H17NOS. The quantitative estimate of drug-likeness (QED) is 0.908. The van der Waals surface area contributed by atoms with Gasteiger partial charge in [0.05, 0.1) is 0 Å². The molecule has 1 heterocycles. The van der Waals surface area contributed by atoms with Crippen molar-refractivity contribution in [1.29, 1.82) is 0 Å². The summed E-state index contributed by atoms with van der Waals surface area (Å²) in [7, 11) is 0. The summed E-state index contributed by atoms with van der Waals surface area (Å²) in [5.74, 6) is 0.511. The molecule has 98 valence electrons. The highest BCUT2D eigenvalue weighted by Gasteiger charge is 2.20. The van der Waals surface area contributed by atoms with Crippen molar-refractivity contribution in [2.24, 2.45) is 0 Å². The van der Waals surface area contributed by atoms with Crippen molar-refractivity contribution in [3.63, 3.8) is 0 Å². The number of carbonyl (C=O) groups is 1. The number of hydrogen-bond acceptors (Lipinski definition) is 2. The molecule has 0 spiro atoms. The molecule has 1 aliphatic carbocycles. The van der Waals surface area contributed by atoms with Gasteiger partial charge in [-0.1, -0.05) is 24.3 Å². The van der Waals surface area contributed by atoms with E-state index in [0.29, 0.717) is 5.92 Å². The van der Waals surface area contributed by atoms with Gasteiger partial charge in [0.2, 0.25) is 0 Å². The maximum absolute atomic E-state index is 12.0. The fourth-order valence-corrected chi connectivity index (χ4v) is 3.41. The van der Waals surface area contributed by atoms with Crippen LogP contribution in [0.25, 0.3) is 0 Å². The molecule has 0 bridgehead atoms. The van der Waals surface area contributed by atoms with Gasteiger partial charge in [0.15, 0.2) is 0 Å². The number of aryl methyl sites for hydroxylation is 1. The van der Waals surface area contributed by atoms with Crippen molar-refractivity contribution in [3.05, 3.63) is 57.8 Å². The van der Waals surface area contributed by atoms with Gasteiger partial charge in [-0.3, -0.25) is 4.79 Å². The van der Waals surface area contributed by atoms with Crippen LogP contribution in [-0.4, -0.2) is 12.5 Å². The number of fused-ring (bicyclic) bond motifs is 1. The third kappa shape index (κ3) is 2.71. The third-order valence-electron chi connectivity index (χ3n) is 3.79. The lowest BCUT2D eigenvalue weighted by atomic mass is 9.83. The summed E-state index contributed by atoms with van der Waals surface area (Å²) in [6, 6.07) is 10.5. The topological polar surface area (TPSA) is 29.1 Å². The molecule has 0 aliphatic heterocycles. The van der Waals surface area contributed by atoms with Crippen molar-refractivity contribution in [2.45, 2.75) is 25.2 Å². The fourth-order valence-electron chi connectivity index (χ4n) is 2.78. The molecule has 1 aromatic carbocycles. The Morgan fingerprint density at radius 2 is 2.21 bits per heavy atom. The normalized spacial score (nSPS) is 17.8. The Bertz CT molecular complexity index is 562. The maximum Gasteiger partial charge on any atom is 0.252 e. The van der Waals surface area contributed by atoms with E-state index in [2.05, 4.69) is 29.6 Å². The van der Waals surface area contributed by atoms with Gasteiger partial charge >= 0.3 is 0 Å². The maximum atomic E-state index is 12.0. The van der Waals surface area contributed by atoms with Crippen LogP contribution in [0.1, 0.15) is 40.2 Å². The molecule has 2 nitrogen and oxygen atoms in total. The van der Waals surface area contributed by atoms with Gasteiger partial charge in [-0.05, 0) is 41.8 Å². The van der Waals surface area contributed by atoms with Crippen LogP contribution < -0.4 is 5.32 Å². The first-order chi connectivity index (χ1) is 9.34. The van der Waals surface area contributed by atoms with Crippen LogP contribution in [-0.2, 0) is 6.42 Å². The van der Waals surface area contributed by atoms with Crippen LogP contribution in [0.15, 0.2) is 41.1 Å². The number of rotatable bonds is 3. The highest BCUT2D eigenvalue weighted by Crippen LogP contribution is 2.30. The van der Waals surface area contributed by atoms with Crippen LogP contribution in [0.3, 0.4) is 0 Å². The lowest BCUT2D eigenvalue weighted by Crippen LogP contribution is -2.29. The molecule has 3 rings (SSSR count). The van der Waals surface area contributed by atoms with E-state index >= 15 is 0 Å². The molecule has 0 radical (unpaired) electrons. The largest absolute Gasteiger partial charge is 0.351 e. The van der Waals surface area contributed by atoms with Gasteiger partial charge < -0.3 is 5.32 Å². The van der Waals surface area contributed by atoms with Crippen molar-refractivity contribution >= 4 is 17.2 Å². The third-order valence-corrected chi connectivity index (χ3v) is 4.47. The van der Waals surface area contributed by atoms with Crippen molar-refractivity contribution in [2.75, 3.05) is 6.54 Å². The first-order valence-corrected chi connectivity index (χ1v) is 7.67. The molecule has 0 saturated heterocycles. The van der Waals surface area contributed by atoms with E-state index in [4.69, 9.17) is 0 Å². The Morgan fingerprint density at radius 3 is 3.05 bits per heavy atom. The second-order valence-corrected chi connectivity index (χ2v) is 5.79. The summed E-state index contributed by atoms with van der Waals surface area (Å²) in [6.07, 6.45) is 3.56. The Hall–Kier alpha value is -1.61. The fraction of sp³-hybridized carbons (Fsp3) is 0.312. The van der Waals surface area contributed by atoms with Gasteiger partial charge in [-0.15, -0.1) is 0 Å². The Kier molecular flexibility index (Phi) is 3.65. The van der Waals surface area contributed by atoms with E-state index in [1.807, 2.05) is 16.8 Å². The minimum Gasteiger partial charge on any atom is -0.351 e. The Labute approximate surface area is 117 Å². The molecule has 3 heteroatoms. The predicted molar refractivity (Wildman–Crippen MR) is 78.8 cm³/mol. The van der Waals surface area contributed by atoms with E-state index in [0.717, 1.165) is 12.1 Å². The molecule has 1 aromatic heterocycles. The Balaban J connectivity index is 1.67. The zero-order valence-electron chi connectivity index (χ0n) is 10.8. The minimum atomic E-state index is 0.0457. The monoisotopic (exact) mass is 271 g/mol. The number of amides is 1. The van der Waals surface area contributed by atoms with Crippen molar-refractivity contribution < 1.29 is 4.79 Å². The number of thiophene rings is 1. The molecular weight excluding hydrogens is 254 g/mol. The van der Waals surface area contributed by atoms with Crippen LogP contribution in [0.2, 0.25) is 0 Å². The minimum absolute atomic E-state index is 0.0457. The molecule has 1 unspecified atom stereocenters. The number of carbonyl (C=O) groups excluding carboxylic acids is 1. The second kappa shape index (κ2) is 5.57. The summed E-state index contributed by atoms with van der Waals surface area (Å²) in [4.78, 5) is 12.0. The highest BCUT2D eigenvalue weighted by atomic mass is 32.1. The van der Waals surface area contributed by atoms with Gasteiger partial charge in [0.1, 0.15) is 0 Å². The summed E-state index contributed by atoms with van der Waals surface area (Å²) in [6.45, 7) is 0.742. The van der Waals surface area contributed by atoms with Gasteiger partial charge in [-0.2, -0.15) is 11.3 Å². The van der Waals surface area contributed by atoms with Crippen molar-refractivity contribution in [3.8, 4) is 0 Å². The number of nitrogens with one attached hydrogen (secondary N) is 1. The first-order valence-electron chi connectivity index (χ1n) is 6.73. The second-order valence-electron chi connectivity index (χ2n) is 5.01. The summed E-state index contributed by atoms with van der Waals surface area (Å²) in [5.41, 5.74) is 3.64. The average Bonchev–Trinajstić information content (AvgIpc) is 2.99. The zero-order chi connectivity index (χ0) is 13.1.